The minimum absolute atomic E-state index is 0.0182. The quantitative estimate of drug-likeness (QED) is 0.586. The molecular formula is C22H25N5O4. The van der Waals surface area contributed by atoms with Crippen LogP contribution < -0.4 is 11.1 Å². The van der Waals surface area contributed by atoms with Crippen molar-refractivity contribution in [3.63, 3.8) is 0 Å². The van der Waals surface area contributed by atoms with E-state index in [1.165, 1.54) is 0 Å². The van der Waals surface area contributed by atoms with Crippen molar-refractivity contribution >= 4 is 28.9 Å². The molecule has 9 heteroatoms. The molecule has 0 aliphatic carbocycles. The summed E-state index contributed by atoms with van der Waals surface area (Å²) in [7, 11) is 0. The van der Waals surface area contributed by atoms with Gasteiger partial charge in [0.2, 0.25) is 0 Å². The van der Waals surface area contributed by atoms with Gasteiger partial charge in [-0.05, 0) is 25.8 Å². The van der Waals surface area contributed by atoms with Crippen molar-refractivity contribution in [1.29, 1.82) is 0 Å². The van der Waals surface area contributed by atoms with Crippen LogP contribution in [0.15, 0.2) is 42.6 Å². The molecule has 0 bridgehead atoms. The van der Waals surface area contributed by atoms with Gasteiger partial charge in [0.05, 0.1) is 22.8 Å². The van der Waals surface area contributed by atoms with E-state index in [4.69, 9.17) is 15.5 Å². The van der Waals surface area contributed by atoms with Crippen LogP contribution in [0.5, 0.6) is 0 Å². The fourth-order valence-electron chi connectivity index (χ4n) is 3.19. The van der Waals surface area contributed by atoms with E-state index in [0.717, 1.165) is 5.56 Å². The van der Waals surface area contributed by atoms with E-state index < -0.39 is 24.0 Å². The topological polar surface area (TPSA) is 129 Å². The second-order valence-electron chi connectivity index (χ2n) is 7.76. The lowest BCUT2D eigenvalue weighted by Crippen LogP contribution is -2.45. The molecule has 2 aromatic heterocycles. The molecule has 0 saturated heterocycles. The van der Waals surface area contributed by atoms with Crippen molar-refractivity contribution in [3.8, 4) is 11.3 Å². The summed E-state index contributed by atoms with van der Waals surface area (Å²) >= 11 is 0. The number of aromatic nitrogens is 3. The summed E-state index contributed by atoms with van der Waals surface area (Å²) < 4.78 is 7.23. The maximum absolute atomic E-state index is 13.1. The van der Waals surface area contributed by atoms with Gasteiger partial charge in [-0.1, -0.05) is 44.2 Å². The van der Waals surface area contributed by atoms with Crippen molar-refractivity contribution in [2.45, 2.75) is 39.8 Å². The number of carbonyl (C=O) groups is 3. The lowest BCUT2D eigenvalue weighted by Gasteiger charge is -2.20. The Balaban J connectivity index is 2.08. The maximum atomic E-state index is 13.1. The van der Waals surface area contributed by atoms with Crippen molar-refractivity contribution < 1.29 is 19.1 Å². The summed E-state index contributed by atoms with van der Waals surface area (Å²) in [4.78, 5) is 41.2. The highest BCUT2D eigenvalue weighted by atomic mass is 16.5. The third kappa shape index (κ3) is 4.71. The summed E-state index contributed by atoms with van der Waals surface area (Å²) in [6.07, 6.45) is 0.366. The number of urea groups is 1. The molecule has 3 amide bonds. The molecule has 3 N–H and O–H groups in total. The Morgan fingerprint density at radius 2 is 1.77 bits per heavy atom. The van der Waals surface area contributed by atoms with Crippen molar-refractivity contribution in [1.82, 2.24) is 20.1 Å². The Kier molecular flexibility index (Phi) is 6.33. The number of carbonyl (C=O) groups excluding carboxylic acids is 3. The number of pyridine rings is 1. The number of imide groups is 1. The Morgan fingerprint density at radius 3 is 2.35 bits per heavy atom. The average molecular weight is 423 g/mol. The first-order valence-corrected chi connectivity index (χ1v) is 9.94. The number of nitrogens with two attached hydrogens (primary N) is 1. The van der Waals surface area contributed by atoms with Gasteiger partial charge in [0.25, 0.3) is 5.91 Å². The molecule has 1 atom stereocenters. The van der Waals surface area contributed by atoms with E-state index in [2.05, 4.69) is 5.10 Å². The van der Waals surface area contributed by atoms with Gasteiger partial charge in [-0.2, -0.15) is 5.10 Å². The molecule has 0 radical (unpaired) electrons. The van der Waals surface area contributed by atoms with Crippen LogP contribution in [0.1, 0.15) is 44.1 Å². The SMILES string of the molecule is CC(C)[C@H](OC(=O)c1cc(-c2ccccc2)nc2c1cnn2C(C)C)C(=O)NC(N)=O. The molecule has 0 spiro atoms. The molecule has 9 nitrogen and oxygen atoms in total. The molecule has 0 aliphatic rings. The summed E-state index contributed by atoms with van der Waals surface area (Å²) in [5.74, 6) is -1.87. The Hall–Kier alpha value is -3.75. The van der Waals surface area contributed by atoms with Crippen molar-refractivity contribution in [2.24, 2.45) is 11.7 Å². The number of nitrogens with one attached hydrogen (secondary N) is 1. The minimum atomic E-state index is -1.19. The smallest absolute Gasteiger partial charge is 0.339 e. The molecule has 1 aromatic carbocycles. The zero-order chi connectivity index (χ0) is 22.7. The fourth-order valence-corrected chi connectivity index (χ4v) is 3.19. The Morgan fingerprint density at radius 1 is 1.10 bits per heavy atom. The first-order valence-electron chi connectivity index (χ1n) is 9.94. The summed E-state index contributed by atoms with van der Waals surface area (Å²) in [6, 6.07) is 10.0. The lowest BCUT2D eigenvalue weighted by molar-refractivity contribution is -0.130. The number of esters is 1. The van der Waals surface area contributed by atoms with Crippen LogP contribution in [0.2, 0.25) is 0 Å². The van der Waals surface area contributed by atoms with Crippen LogP contribution in [0.25, 0.3) is 22.3 Å². The van der Waals surface area contributed by atoms with E-state index in [-0.39, 0.29) is 17.5 Å². The normalized spacial score (nSPS) is 12.2. The number of amides is 3. The lowest BCUT2D eigenvalue weighted by atomic mass is 10.1. The summed E-state index contributed by atoms with van der Waals surface area (Å²) in [5.41, 5.74) is 7.19. The van der Waals surface area contributed by atoms with Gasteiger partial charge in [0.1, 0.15) is 0 Å². The van der Waals surface area contributed by atoms with Crippen molar-refractivity contribution in [2.75, 3.05) is 0 Å². The van der Waals surface area contributed by atoms with E-state index in [0.29, 0.717) is 16.7 Å². The van der Waals surface area contributed by atoms with Gasteiger partial charge in [0.15, 0.2) is 11.8 Å². The van der Waals surface area contributed by atoms with Gasteiger partial charge in [-0.25, -0.2) is 19.3 Å². The standard InChI is InChI=1S/C22H25N5O4/c1-12(2)18(20(28)26-22(23)30)31-21(29)15-10-17(14-8-6-5-7-9-14)25-19-16(15)11-24-27(19)13(3)4/h5-13,18H,1-4H3,(H3,23,26,28,30)/t18-/m0/s1. The Labute approximate surface area is 179 Å². The minimum Gasteiger partial charge on any atom is -0.448 e. The van der Waals surface area contributed by atoms with E-state index in [1.54, 1.807) is 30.8 Å². The molecule has 162 valence electrons. The number of nitrogens with zero attached hydrogens (tertiary/aromatic N) is 3. The molecule has 31 heavy (non-hydrogen) atoms. The number of primary amides is 1. The van der Waals surface area contributed by atoms with Crippen LogP contribution >= 0.6 is 0 Å². The fraction of sp³-hybridized carbons (Fsp3) is 0.318. The van der Waals surface area contributed by atoms with Crippen LogP contribution in [0, 0.1) is 5.92 Å². The maximum Gasteiger partial charge on any atom is 0.339 e. The van der Waals surface area contributed by atoms with Gasteiger partial charge in [-0.15, -0.1) is 0 Å². The van der Waals surface area contributed by atoms with E-state index in [1.807, 2.05) is 49.5 Å². The second kappa shape index (κ2) is 8.95. The predicted molar refractivity (Wildman–Crippen MR) is 115 cm³/mol. The first kappa shape index (κ1) is 21.9. The molecular weight excluding hydrogens is 398 g/mol. The molecule has 2 heterocycles. The molecule has 0 fully saturated rings. The Bertz CT molecular complexity index is 1120. The molecule has 3 aromatic rings. The second-order valence-corrected chi connectivity index (χ2v) is 7.76. The molecule has 3 rings (SSSR count). The summed E-state index contributed by atoms with van der Waals surface area (Å²) in [5, 5.41) is 6.85. The molecule has 0 aliphatic heterocycles. The number of hydrogen-bond donors (Lipinski definition) is 2. The van der Waals surface area contributed by atoms with Crippen LogP contribution in [0.3, 0.4) is 0 Å². The number of fused-ring (bicyclic) bond motifs is 1. The highest BCUT2D eigenvalue weighted by Crippen LogP contribution is 2.27. The number of benzene rings is 1. The van der Waals surface area contributed by atoms with E-state index >= 15 is 0 Å². The van der Waals surface area contributed by atoms with Crippen LogP contribution in [-0.2, 0) is 9.53 Å². The first-order chi connectivity index (χ1) is 14.7. The predicted octanol–water partition coefficient (Wildman–Crippen LogP) is 3.06. The zero-order valence-corrected chi connectivity index (χ0v) is 17.8. The number of ether oxygens (including phenoxy) is 1. The van der Waals surface area contributed by atoms with E-state index in [9.17, 15) is 14.4 Å². The molecule has 0 saturated carbocycles. The van der Waals surface area contributed by atoms with Gasteiger partial charge in [-0.3, -0.25) is 10.1 Å². The third-order valence-corrected chi connectivity index (χ3v) is 4.69. The largest absolute Gasteiger partial charge is 0.448 e. The molecule has 0 unspecified atom stereocenters. The monoisotopic (exact) mass is 423 g/mol. The van der Waals surface area contributed by atoms with Gasteiger partial charge >= 0.3 is 12.0 Å². The van der Waals surface area contributed by atoms with Gasteiger partial charge < -0.3 is 10.5 Å². The number of hydrogen-bond acceptors (Lipinski definition) is 6. The summed E-state index contributed by atoms with van der Waals surface area (Å²) in [6.45, 7) is 7.33. The van der Waals surface area contributed by atoms with Crippen LogP contribution in [0.4, 0.5) is 4.79 Å². The van der Waals surface area contributed by atoms with Gasteiger partial charge in [0, 0.05) is 11.6 Å². The van der Waals surface area contributed by atoms with Crippen LogP contribution in [-0.4, -0.2) is 38.8 Å². The third-order valence-electron chi connectivity index (χ3n) is 4.69. The number of rotatable bonds is 6. The average Bonchev–Trinajstić information content (AvgIpc) is 3.15. The highest BCUT2D eigenvalue weighted by Gasteiger charge is 2.29. The zero-order valence-electron chi connectivity index (χ0n) is 17.8. The highest BCUT2D eigenvalue weighted by molar-refractivity contribution is 6.05. The van der Waals surface area contributed by atoms with Crippen molar-refractivity contribution in [3.05, 3.63) is 48.2 Å².